The van der Waals surface area contributed by atoms with Crippen LogP contribution in [0.1, 0.15) is 56.6 Å². The fourth-order valence-electron chi connectivity index (χ4n) is 2.75. The summed E-state index contributed by atoms with van der Waals surface area (Å²) in [6.07, 6.45) is 4.60. The Hall–Kier alpha value is -1.02. The van der Waals surface area contributed by atoms with Crippen LogP contribution in [0, 0.1) is 0 Å². The van der Waals surface area contributed by atoms with Crippen LogP contribution in [0.2, 0.25) is 0 Å². The van der Waals surface area contributed by atoms with E-state index >= 15 is 0 Å². The summed E-state index contributed by atoms with van der Waals surface area (Å²) in [6, 6.07) is 6.50. The number of benzene rings is 1. The van der Waals surface area contributed by atoms with Crippen LogP contribution in [0.5, 0.6) is 5.75 Å². The van der Waals surface area contributed by atoms with Crippen molar-refractivity contribution in [1.29, 1.82) is 0 Å². The Morgan fingerprint density at radius 3 is 2.41 bits per heavy atom. The van der Waals surface area contributed by atoms with Gasteiger partial charge in [0.05, 0.1) is 7.11 Å². The zero-order chi connectivity index (χ0) is 12.5. The fraction of sp³-hybridized carbons (Fsp3) is 0.600. The van der Waals surface area contributed by atoms with Crippen LogP contribution in [-0.4, -0.2) is 7.11 Å². The predicted molar refractivity (Wildman–Crippen MR) is 71.4 cm³/mol. The Labute approximate surface area is 104 Å². The van der Waals surface area contributed by atoms with Gasteiger partial charge < -0.3 is 10.5 Å². The highest BCUT2D eigenvalue weighted by atomic mass is 16.5. The topological polar surface area (TPSA) is 35.2 Å². The number of hydrogen-bond acceptors (Lipinski definition) is 2. The number of nitrogens with two attached hydrogens (primary N) is 1. The smallest absolute Gasteiger partial charge is 0.124 e. The van der Waals surface area contributed by atoms with Gasteiger partial charge in [0.15, 0.2) is 0 Å². The molecule has 0 heterocycles. The summed E-state index contributed by atoms with van der Waals surface area (Å²) in [5, 5.41) is 0. The van der Waals surface area contributed by atoms with Crippen LogP contribution in [0.3, 0.4) is 0 Å². The minimum Gasteiger partial charge on any atom is -0.496 e. The Morgan fingerprint density at radius 1 is 1.24 bits per heavy atom. The van der Waals surface area contributed by atoms with E-state index in [0.717, 1.165) is 18.6 Å². The van der Waals surface area contributed by atoms with Crippen LogP contribution < -0.4 is 10.5 Å². The Bertz CT molecular complexity index is 392. The minimum atomic E-state index is -0.166. The Balaban J connectivity index is 2.40. The third kappa shape index (κ3) is 2.32. The molecule has 0 unspecified atom stereocenters. The molecule has 0 saturated heterocycles. The molecule has 1 aliphatic carbocycles. The van der Waals surface area contributed by atoms with E-state index in [2.05, 4.69) is 32.0 Å². The van der Waals surface area contributed by atoms with E-state index in [-0.39, 0.29) is 5.54 Å². The van der Waals surface area contributed by atoms with E-state index in [0.29, 0.717) is 5.92 Å². The molecule has 94 valence electrons. The van der Waals surface area contributed by atoms with Crippen molar-refractivity contribution in [2.75, 3.05) is 7.11 Å². The summed E-state index contributed by atoms with van der Waals surface area (Å²) in [5.41, 5.74) is 8.83. The van der Waals surface area contributed by atoms with Gasteiger partial charge in [0.1, 0.15) is 5.75 Å². The summed E-state index contributed by atoms with van der Waals surface area (Å²) in [6.45, 7) is 4.39. The molecule has 17 heavy (non-hydrogen) atoms. The number of hydrogen-bond donors (Lipinski definition) is 1. The summed E-state index contributed by atoms with van der Waals surface area (Å²) in [7, 11) is 1.74. The Kier molecular flexibility index (Phi) is 3.43. The lowest BCUT2D eigenvalue weighted by Crippen LogP contribution is -2.33. The average Bonchev–Trinajstić information content (AvgIpc) is 2.76. The maximum absolute atomic E-state index is 6.50. The second-order valence-corrected chi connectivity index (χ2v) is 5.48. The molecule has 1 aromatic carbocycles. The molecule has 0 spiro atoms. The standard InChI is InChI=1S/C15H23NO/c1-11(2)12-6-7-13(14(10-12)17-3)15(16)8-4-5-9-15/h6-7,10-11H,4-5,8-9,16H2,1-3H3. The van der Waals surface area contributed by atoms with Crippen molar-refractivity contribution in [2.45, 2.75) is 51.0 Å². The highest BCUT2D eigenvalue weighted by molar-refractivity contribution is 5.43. The van der Waals surface area contributed by atoms with E-state index in [9.17, 15) is 0 Å². The van der Waals surface area contributed by atoms with Crippen molar-refractivity contribution in [3.05, 3.63) is 29.3 Å². The molecule has 1 fully saturated rings. The monoisotopic (exact) mass is 233 g/mol. The summed E-state index contributed by atoms with van der Waals surface area (Å²) < 4.78 is 5.53. The zero-order valence-corrected chi connectivity index (χ0v) is 11.1. The highest BCUT2D eigenvalue weighted by Crippen LogP contribution is 2.41. The molecule has 1 aliphatic rings. The van der Waals surface area contributed by atoms with Gasteiger partial charge in [0.2, 0.25) is 0 Å². The first-order valence-corrected chi connectivity index (χ1v) is 6.54. The molecule has 0 aromatic heterocycles. The zero-order valence-electron chi connectivity index (χ0n) is 11.1. The van der Waals surface area contributed by atoms with Gasteiger partial charge in [-0.15, -0.1) is 0 Å². The van der Waals surface area contributed by atoms with Crippen molar-refractivity contribution < 1.29 is 4.74 Å². The quantitative estimate of drug-likeness (QED) is 0.866. The first-order chi connectivity index (χ1) is 8.07. The molecule has 2 nitrogen and oxygen atoms in total. The number of methoxy groups -OCH3 is 1. The Morgan fingerprint density at radius 2 is 1.88 bits per heavy atom. The maximum Gasteiger partial charge on any atom is 0.124 e. The lowest BCUT2D eigenvalue weighted by molar-refractivity contribution is 0.378. The second-order valence-electron chi connectivity index (χ2n) is 5.48. The summed E-state index contributed by atoms with van der Waals surface area (Å²) in [4.78, 5) is 0. The molecule has 0 amide bonds. The number of ether oxygens (including phenoxy) is 1. The third-order valence-electron chi connectivity index (χ3n) is 3.92. The van der Waals surface area contributed by atoms with Gasteiger partial charge >= 0.3 is 0 Å². The molecule has 0 bridgehead atoms. The van der Waals surface area contributed by atoms with E-state index in [1.54, 1.807) is 7.11 Å². The minimum absolute atomic E-state index is 0.166. The molecule has 1 aromatic rings. The molecular weight excluding hydrogens is 210 g/mol. The van der Waals surface area contributed by atoms with Gasteiger partial charge in [-0.1, -0.05) is 38.8 Å². The van der Waals surface area contributed by atoms with Gasteiger partial charge in [0.25, 0.3) is 0 Å². The lowest BCUT2D eigenvalue weighted by atomic mass is 9.87. The van der Waals surface area contributed by atoms with Gasteiger partial charge in [-0.3, -0.25) is 0 Å². The largest absolute Gasteiger partial charge is 0.496 e. The van der Waals surface area contributed by atoms with Crippen LogP contribution in [0.15, 0.2) is 18.2 Å². The van der Waals surface area contributed by atoms with E-state index in [1.807, 2.05) is 0 Å². The van der Waals surface area contributed by atoms with E-state index < -0.39 is 0 Å². The van der Waals surface area contributed by atoms with Crippen molar-refractivity contribution in [3.63, 3.8) is 0 Å². The van der Waals surface area contributed by atoms with E-state index in [1.165, 1.54) is 24.0 Å². The third-order valence-corrected chi connectivity index (χ3v) is 3.92. The molecule has 0 aliphatic heterocycles. The lowest BCUT2D eigenvalue weighted by Gasteiger charge is -2.27. The molecule has 2 N–H and O–H groups in total. The van der Waals surface area contributed by atoms with Gasteiger partial charge in [-0.05, 0) is 30.4 Å². The summed E-state index contributed by atoms with van der Waals surface area (Å²) in [5.74, 6) is 1.48. The van der Waals surface area contributed by atoms with Gasteiger partial charge in [-0.2, -0.15) is 0 Å². The second kappa shape index (κ2) is 4.69. The van der Waals surface area contributed by atoms with Crippen LogP contribution >= 0.6 is 0 Å². The number of rotatable bonds is 3. The van der Waals surface area contributed by atoms with Crippen LogP contribution in [-0.2, 0) is 5.54 Å². The average molecular weight is 233 g/mol. The van der Waals surface area contributed by atoms with Crippen LogP contribution in [0.25, 0.3) is 0 Å². The molecule has 2 rings (SSSR count). The normalized spacial score (nSPS) is 18.6. The van der Waals surface area contributed by atoms with Gasteiger partial charge in [-0.25, -0.2) is 0 Å². The molecule has 1 saturated carbocycles. The van der Waals surface area contributed by atoms with Crippen molar-refractivity contribution in [3.8, 4) is 5.75 Å². The molecule has 0 radical (unpaired) electrons. The molecular formula is C15H23NO. The SMILES string of the molecule is COc1cc(C(C)C)ccc1C1(N)CCCC1. The molecule has 2 heteroatoms. The van der Waals surface area contributed by atoms with Gasteiger partial charge in [0, 0.05) is 11.1 Å². The van der Waals surface area contributed by atoms with Crippen molar-refractivity contribution in [2.24, 2.45) is 5.73 Å². The first-order valence-electron chi connectivity index (χ1n) is 6.54. The predicted octanol–water partition coefficient (Wildman–Crippen LogP) is 3.55. The first kappa shape index (κ1) is 12.4. The van der Waals surface area contributed by atoms with Crippen LogP contribution in [0.4, 0.5) is 0 Å². The summed E-state index contributed by atoms with van der Waals surface area (Å²) >= 11 is 0. The molecule has 0 atom stereocenters. The maximum atomic E-state index is 6.50. The van der Waals surface area contributed by atoms with Crippen molar-refractivity contribution in [1.82, 2.24) is 0 Å². The fourth-order valence-corrected chi connectivity index (χ4v) is 2.75. The van der Waals surface area contributed by atoms with E-state index in [4.69, 9.17) is 10.5 Å². The highest BCUT2D eigenvalue weighted by Gasteiger charge is 2.33. The van der Waals surface area contributed by atoms with Crippen molar-refractivity contribution >= 4 is 0 Å².